The normalized spacial score (nSPS) is 18.4. The van der Waals surface area contributed by atoms with Gasteiger partial charge in [-0.15, -0.1) is 0 Å². The standard InChI is InChI=1S/C11H21N3/c1-2-14(10-4-3-7-12)11-5-8-13-9-6-11/h11,13H,2-6,8-10H2,1H3. The average Bonchev–Trinajstić information content (AvgIpc) is 2.26. The lowest BCUT2D eigenvalue weighted by Gasteiger charge is -2.33. The topological polar surface area (TPSA) is 39.1 Å². The quantitative estimate of drug-likeness (QED) is 0.673. The molecule has 0 bridgehead atoms. The van der Waals surface area contributed by atoms with Gasteiger partial charge in [-0.3, -0.25) is 0 Å². The minimum Gasteiger partial charge on any atom is -0.317 e. The fourth-order valence-electron chi connectivity index (χ4n) is 2.13. The lowest BCUT2D eigenvalue weighted by molar-refractivity contribution is 0.169. The zero-order valence-corrected chi connectivity index (χ0v) is 9.13. The van der Waals surface area contributed by atoms with E-state index in [9.17, 15) is 0 Å². The monoisotopic (exact) mass is 195 g/mol. The van der Waals surface area contributed by atoms with Crippen LogP contribution >= 0.6 is 0 Å². The molecule has 0 aromatic carbocycles. The summed E-state index contributed by atoms with van der Waals surface area (Å²) in [7, 11) is 0. The number of nitriles is 1. The summed E-state index contributed by atoms with van der Waals surface area (Å²) in [5.41, 5.74) is 0. The van der Waals surface area contributed by atoms with Gasteiger partial charge in [0, 0.05) is 12.5 Å². The van der Waals surface area contributed by atoms with Crippen molar-refractivity contribution < 1.29 is 0 Å². The van der Waals surface area contributed by atoms with E-state index in [1.165, 1.54) is 12.8 Å². The van der Waals surface area contributed by atoms with Gasteiger partial charge >= 0.3 is 0 Å². The first-order chi connectivity index (χ1) is 6.88. The van der Waals surface area contributed by atoms with Crippen molar-refractivity contribution in [3.63, 3.8) is 0 Å². The van der Waals surface area contributed by atoms with Gasteiger partial charge in [-0.2, -0.15) is 5.26 Å². The van der Waals surface area contributed by atoms with Crippen LogP contribution in [0.5, 0.6) is 0 Å². The lowest BCUT2D eigenvalue weighted by atomic mass is 10.0. The van der Waals surface area contributed by atoms with Crippen LogP contribution in [0, 0.1) is 11.3 Å². The molecule has 1 saturated heterocycles. The van der Waals surface area contributed by atoms with E-state index in [4.69, 9.17) is 5.26 Å². The number of nitrogens with one attached hydrogen (secondary N) is 1. The van der Waals surface area contributed by atoms with Crippen LogP contribution in [-0.4, -0.2) is 37.1 Å². The third kappa shape index (κ3) is 3.65. The first-order valence-corrected chi connectivity index (χ1v) is 5.70. The van der Waals surface area contributed by atoms with Gasteiger partial charge in [0.05, 0.1) is 6.07 Å². The Labute approximate surface area is 87.1 Å². The first-order valence-electron chi connectivity index (χ1n) is 5.70. The summed E-state index contributed by atoms with van der Waals surface area (Å²) < 4.78 is 0. The minimum absolute atomic E-state index is 0.696. The molecule has 1 aliphatic heterocycles. The number of unbranched alkanes of at least 4 members (excludes halogenated alkanes) is 1. The minimum atomic E-state index is 0.696. The molecule has 0 radical (unpaired) electrons. The number of hydrogen-bond acceptors (Lipinski definition) is 3. The highest BCUT2D eigenvalue weighted by Crippen LogP contribution is 2.12. The predicted octanol–water partition coefficient (Wildman–Crippen LogP) is 1.36. The lowest BCUT2D eigenvalue weighted by Crippen LogP contribution is -2.43. The highest BCUT2D eigenvalue weighted by atomic mass is 15.2. The molecule has 1 N–H and O–H groups in total. The highest BCUT2D eigenvalue weighted by molar-refractivity contribution is 4.78. The Morgan fingerprint density at radius 2 is 2.14 bits per heavy atom. The third-order valence-corrected chi connectivity index (χ3v) is 2.97. The van der Waals surface area contributed by atoms with Crippen LogP contribution < -0.4 is 5.32 Å². The van der Waals surface area contributed by atoms with Crippen molar-refractivity contribution in [3.05, 3.63) is 0 Å². The van der Waals surface area contributed by atoms with Crippen molar-refractivity contribution in [3.8, 4) is 6.07 Å². The Hall–Kier alpha value is -0.590. The maximum absolute atomic E-state index is 8.48. The van der Waals surface area contributed by atoms with Crippen molar-refractivity contribution in [2.75, 3.05) is 26.2 Å². The largest absolute Gasteiger partial charge is 0.317 e. The molecular formula is C11H21N3. The van der Waals surface area contributed by atoms with Crippen LogP contribution in [-0.2, 0) is 0 Å². The van der Waals surface area contributed by atoms with Crippen LogP contribution in [0.25, 0.3) is 0 Å². The Morgan fingerprint density at radius 1 is 1.43 bits per heavy atom. The summed E-state index contributed by atoms with van der Waals surface area (Å²) in [6, 6.07) is 2.96. The molecule has 3 heteroatoms. The fraction of sp³-hybridized carbons (Fsp3) is 0.909. The molecule has 80 valence electrons. The molecule has 0 atom stereocenters. The summed E-state index contributed by atoms with van der Waals surface area (Å²) in [4.78, 5) is 2.53. The van der Waals surface area contributed by atoms with E-state index in [0.29, 0.717) is 6.42 Å². The number of rotatable bonds is 5. The molecule has 0 unspecified atom stereocenters. The SMILES string of the molecule is CCN(CCCC#N)C1CCNCC1. The van der Waals surface area contributed by atoms with E-state index in [-0.39, 0.29) is 0 Å². The first kappa shape index (κ1) is 11.5. The Kier molecular flexibility index (Phi) is 5.58. The van der Waals surface area contributed by atoms with Crippen LogP contribution in [0.3, 0.4) is 0 Å². The zero-order valence-electron chi connectivity index (χ0n) is 9.13. The third-order valence-electron chi connectivity index (χ3n) is 2.97. The molecule has 1 aliphatic rings. The van der Waals surface area contributed by atoms with Gasteiger partial charge in [-0.1, -0.05) is 6.92 Å². The summed E-state index contributed by atoms with van der Waals surface area (Å²) in [6.07, 6.45) is 4.25. The van der Waals surface area contributed by atoms with Gasteiger partial charge in [0.25, 0.3) is 0 Å². The summed E-state index contributed by atoms with van der Waals surface area (Å²) in [5, 5.41) is 11.9. The maximum atomic E-state index is 8.48. The van der Waals surface area contributed by atoms with Crippen molar-refractivity contribution in [2.24, 2.45) is 0 Å². The van der Waals surface area contributed by atoms with Gasteiger partial charge in [0.2, 0.25) is 0 Å². The predicted molar refractivity (Wildman–Crippen MR) is 58.0 cm³/mol. The van der Waals surface area contributed by atoms with Gasteiger partial charge in [0.15, 0.2) is 0 Å². The number of hydrogen-bond donors (Lipinski definition) is 1. The highest BCUT2D eigenvalue weighted by Gasteiger charge is 2.18. The van der Waals surface area contributed by atoms with E-state index in [1.807, 2.05) is 0 Å². The summed E-state index contributed by atoms with van der Waals surface area (Å²) >= 11 is 0. The van der Waals surface area contributed by atoms with Gasteiger partial charge in [-0.05, 0) is 45.4 Å². The van der Waals surface area contributed by atoms with Crippen LogP contribution in [0.4, 0.5) is 0 Å². The molecule has 0 aromatic heterocycles. The fourth-order valence-corrected chi connectivity index (χ4v) is 2.13. The molecule has 0 amide bonds. The second kappa shape index (κ2) is 6.80. The molecule has 14 heavy (non-hydrogen) atoms. The van der Waals surface area contributed by atoms with E-state index in [0.717, 1.165) is 38.6 Å². The van der Waals surface area contributed by atoms with Crippen molar-refractivity contribution in [2.45, 2.75) is 38.6 Å². The Morgan fingerprint density at radius 3 is 2.71 bits per heavy atom. The van der Waals surface area contributed by atoms with Crippen molar-refractivity contribution >= 4 is 0 Å². The zero-order chi connectivity index (χ0) is 10.2. The summed E-state index contributed by atoms with van der Waals surface area (Å²) in [6.45, 7) is 6.73. The number of piperidine rings is 1. The molecule has 0 aromatic rings. The average molecular weight is 195 g/mol. The van der Waals surface area contributed by atoms with Crippen LogP contribution in [0.2, 0.25) is 0 Å². The van der Waals surface area contributed by atoms with E-state index in [2.05, 4.69) is 23.2 Å². The molecule has 1 rings (SSSR count). The van der Waals surface area contributed by atoms with E-state index >= 15 is 0 Å². The van der Waals surface area contributed by atoms with E-state index < -0.39 is 0 Å². The van der Waals surface area contributed by atoms with Crippen molar-refractivity contribution in [1.29, 1.82) is 5.26 Å². The Balaban J connectivity index is 2.25. The van der Waals surface area contributed by atoms with Crippen LogP contribution in [0.15, 0.2) is 0 Å². The number of nitrogens with zero attached hydrogens (tertiary/aromatic N) is 2. The van der Waals surface area contributed by atoms with Crippen molar-refractivity contribution in [1.82, 2.24) is 10.2 Å². The molecule has 0 saturated carbocycles. The van der Waals surface area contributed by atoms with Gasteiger partial charge in [0.1, 0.15) is 0 Å². The molecule has 3 nitrogen and oxygen atoms in total. The molecule has 1 heterocycles. The Bertz CT molecular complexity index is 179. The second-order valence-corrected chi connectivity index (χ2v) is 3.87. The van der Waals surface area contributed by atoms with Gasteiger partial charge in [-0.25, -0.2) is 0 Å². The van der Waals surface area contributed by atoms with Gasteiger partial charge < -0.3 is 10.2 Å². The smallest absolute Gasteiger partial charge is 0.0622 e. The molecule has 0 spiro atoms. The molecule has 1 fully saturated rings. The molecule has 0 aliphatic carbocycles. The molecular weight excluding hydrogens is 174 g/mol. The van der Waals surface area contributed by atoms with E-state index in [1.54, 1.807) is 0 Å². The summed E-state index contributed by atoms with van der Waals surface area (Å²) in [5.74, 6) is 0. The second-order valence-electron chi connectivity index (χ2n) is 3.87. The maximum Gasteiger partial charge on any atom is 0.0622 e. The van der Waals surface area contributed by atoms with Crippen LogP contribution in [0.1, 0.15) is 32.6 Å².